The Morgan fingerprint density at radius 1 is 1.33 bits per heavy atom. The molecule has 6 heteroatoms. The predicted octanol–water partition coefficient (Wildman–Crippen LogP) is 0.919. The first kappa shape index (κ1) is 15.3. The maximum atomic E-state index is 11.3. The highest BCUT2D eigenvalue weighted by molar-refractivity contribution is 7.91. The molecule has 0 aromatic rings. The van der Waals surface area contributed by atoms with E-state index in [2.05, 4.69) is 22.5 Å². The molecule has 2 N–H and O–H groups in total. The average molecular weight is 275 g/mol. The van der Waals surface area contributed by atoms with E-state index in [0.717, 1.165) is 13.0 Å². The lowest BCUT2D eigenvalue weighted by Crippen LogP contribution is -2.44. The van der Waals surface area contributed by atoms with Gasteiger partial charge in [-0.05, 0) is 12.8 Å². The number of hydrogen-bond acceptors (Lipinski definition) is 3. The lowest BCUT2D eigenvalue weighted by molar-refractivity contribution is 0.599. The molecular formula is C12H25N3O2S. The normalized spacial score (nSPS) is 23.0. The van der Waals surface area contributed by atoms with Gasteiger partial charge in [-0.3, -0.25) is 4.99 Å². The molecule has 1 saturated heterocycles. The molecule has 1 rings (SSSR count). The highest BCUT2D eigenvalue weighted by atomic mass is 32.2. The molecule has 0 spiro atoms. The zero-order valence-electron chi connectivity index (χ0n) is 11.4. The van der Waals surface area contributed by atoms with E-state index in [0.29, 0.717) is 12.4 Å². The van der Waals surface area contributed by atoms with E-state index in [1.165, 1.54) is 19.3 Å². The van der Waals surface area contributed by atoms with E-state index >= 15 is 0 Å². The molecule has 0 aliphatic carbocycles. The number of rotatable bonds is 6. The lowest BCUT2D eigenvalue weighted by Gasteiger charge is -2.15. The zero-order valence-corrected chi connectivity index (χ0v) is 12.2. The van der Waals surface area contributed by atoms with Crippen LogP contribution in [0.2, 0.25) is 0 Å². The maximum Gasteiger partial charge on any atom is 0.191 e. The van der Waals surface area contributed by atoms with Crippen LogP contribution in [0.15, 0.2) is 4.99 Å². The maximum absolute atomic E-state index is 11.3. The van der Waals surface area contributed by atoms with Gasteiger partial charge < -0.3 is 10.6 Å². The van der Waals surface area contributed by atoms with E-state index < -0.39 is 9.84 Å². The third-order valence-corrected chi connectivity index (χ3v) is 4.89. The minimum absolute atomic E-state index is 0.0110. The van der Waals surface area contributed by atoms with Crippen molar-refractivity contribution >= 4 is 15.8 Å². The number of unbranched alkanes of at least 4 members (excludes halogenated alkanes) is 3. The Hall–Kier alpha value is -0.780. The number of sulfone groups is 1. The highest BCUT2D eigenvalue weighted by Gasteiger charge is 2.28. The van der Waals surface area contributed by atoms with Crippen molar-refractivity contribution in [2.75, 3.05) is 25.1 Å². The average Bonchev–Trinajstić information content (AvgIpc) is 2.67. The summed E-state index contributed by atoms with van der Waals surface area (Å²) in [6.45, 7) is 3.08. The fourth-order valence-electron chi connectivity index (χ4n) is 2.06. The molecule has 1 fully saturated rings. The van der Waals surface area contributed by atoms with Crippen LogP contribution in [-0.2, 0) is 9.84 Å². The number of hydrogen-bond donors (Lipinski definition) is 2. The Labute approximate surface area is 110 Å². The van der Waals surface area contributed by atoms with Gasteiger partial charge >= 0.3 is 0 Å². The summed E-state index contributed by atoms with van der Waals surface area (Å²) in [6.07, 6.45) is 5.51. The van der Waals surface area contributed by atoms with Crippen LogP contribution in [0.5, 0.6) is 0 Å². The van der Waals surface area contributed by atoms with Gasteiger partial charge in [0.05, 0.1) is 11.5 Å². The number of nitrogens with one attached hydrogen (secondary N) is 2. The predicted molar refractivity (Wildman–Crippen MR) is 75.7 cm³/mol. The Morgan fingerprint density at radius 3 is 2.67 bits per heavy atom. The van der Waals surface area contributed by atoms with Crippen LogP contribution in [0.25, 0.3) is 0 Å². The van der Waals surface area contributed by atoms with Crippen LogP contribution < -0.4 is 10.6 Å². The molecule has 0 bridgehead atoms. The molecular weight excluding hydrogens is 250 g/mol. The van der Waals surface area contributed by atoms with Crippen LogP contribution in [0, 0.1) is 0 Å². The molecule has 1 unspecified atom stereocenters. The summed E-state index contributed by atoms with van der Waals surface area (Å²) in [7, 11) is -1.11. The molecule has 1 heterocycles. The fraction of sp³-hybridized carbons (Fsp3) is 0.917. The Morgan fingerprint density at radius 2 is 2.11 bits per heavy atom. The van der Waals surface area contributed by atoms with Crippen molar-refractivity contribution in [3.05, 3.63) is 0 Å². The summed E-state index contributed by atoms with van der Waals surface area (Å²) in [5.41, 5.74) is 0. The Balaban J connectivity index is 2.22. The topological polar surface area (TPSA) is 70.6 Å². The summed E-state index contributed by atoms with van der Waals surface area (Å²) in [6, 6.07) is 0.0110. The highest BCUT2D eigenvalue weighted by Crippen LogP contribution is 2.10. The van der Waals surface area contributed by atoms with Crippen molar-refractivity contribution in [2.45, 2.75) is 45.1 Å². The molecule has 1 aliphatic heterocycles. The standard InChI is InChI=1S/C12H25N3O2S/c1-3-4-5-6-8-14-12(13-2)15-11-7-9-18(16,17)10-11/h11H,3-10H2,1-2H3,(H2,13,14,15). The van der Waals surface area contributed by atoms with Crippen molar-refractivity contribution < 1.29 is 8.42 Å². The number of guanidine groups is 1. The number of aliphatic imine (C=N–C) groups is 1. The smallest absolute Gasteiger partial charge is 0.191 e. The molecule has 1 aliphatic rings. The van der Waals surface area contributed by atoms with E-state index in [1.807, 2.05) is 0 Å². The van der Waals surface area contributed by atoms with Gasteiger partial charge in [-0.2, -0.15) is 0 Å². The summed E-state index contributed by atoms with van der Waals surface area (Å²) >= 11 is 0. The zero-order chi connectivity index (χ0) is 13.4. The fourth-order valence-corrected chi connectivity index (χ4v) is 3.73. The molecule has 0 saturated carbocycles. The molecule has 0 aromatic carbocycles. The minimum Gasteiger partial charge on any atom is -0.356 e. The van der Waals surface area contributed by atoms with Gasteiger partial charge in [0.2, 0.25) is 0 Å². The molecule has 18 heavy (non-hydrogen) atoms. The quantitative estimate of drug-likeness (QED) is 0.429. The van der Waals surface area contributed by atoms with Gasteiger partial charge in [0.15, 0.2) is 15.8 Å². The summed E-state index contributed by atoms with van der Waals surface area (Å²) in [5, 5.41) is 6.40. The molecule has 5 nitrogen and oxygen atoms in total. The molecule has 0 aromatic heterocycles. The van der Waals surface area contributed by atoms with Gasteiger partial charge in [-0.1, -0.05) is 26.2 Å². The van der Waals surface area contributed by atoms with Crippen molar-refractivity contribution in [1.29, 1.82) is 0 Å². The molecule has 0 radical (unpaired) electrons. The van der Waals surface area contributed by atoms with E-state index in [9.17, 15) is 8.42 Å². The second-order valence-electron chi connectivity index (χ2n) is 4.80. The second-order valence-corrected chi connectivity index (χ2v) is 7.03. The monoisotopic (exact) mass is 275 g/mol. The molecule has 0 amide bonds. The number of nitrogens with zero attached hydrogens (tertiary/aromatic N) is 1. The van der Waals surface area contributed by atoms with Crippen molar-refractivity contribution in [3.8, 4) is 0 Å². The third-order valence-electron chi connectivity index (χ3n) is 3.12. The van der Waals surface area contributed by atoms with Crippen LogP contribution >= 0.6 is 0 Å². The van der Waals surface area contributed by atoms with Gasteiger partial charge in [-0.15, -0.1) is 0 Å². The van der Waals surface area contributed by atoms with Crippen molar-refractivity contribution in [1.82, 2.24) is 10.6 Å². The van der Waals surface area contributed by atoms with Crippen LogP contribution in [-0.4, -0.2) is 45.5 Å². The van der Waals surface area contributed by atoms with Gasteiger partial charge in [0, 0.05) is 19.6 Å². The second kappa shape index (κ2) is 7.61. The lowest BCUT2D eigenvalue weighted by atomic mass is 10.2. The third kappa shape index (κ3) is 5.71. The van der Waals surface area contributed by atoms with Crippen molar-refractivity contribution in [3.63, 3.8) is 0 Å². The van der Waals surface area contributed by atoms with E-state index in [1.54, 1.807) is 7.05 Å². The SMILES string of the molecule is CCCCCCNC(=NC)NC1CCS(=O)(=O)C1. The first-order valence-corrected chi connectivity index (χ1v) is 8.57. The Kier molecular flexibility index (Phi) is 6.46. The van der Waals surface area contributed by atoms with E-state index in [4.69, 9.17) is 0 Å². The first-order valence-electron chi connectivity index (χ1n) is 6.75. The van der Waals surface area contributed by atoms with E-state index in [-0.39, 0.29) is 17.5 Å². The Bertz CT molecular complexity index is 366. The first-order chi connectivity index (χ1) is 8.57. The van der Waals surface area contributed by atoms with Crippen LogP contribution in [0.4, 0.5) is 0 Å². The minimum atomic E-state index is -2.83. The van der Waals surface area contributed by atoms with Gasteiger partial charge in [0.25, 0.3) is 0 Å². The molecule has 1 atom stereocenters. The summed E-state index contributed by atoms with van der Waals surface area (Å²) in [4.78, 5) is 4.12. The van der Waals surface area contributed by atoms with Crippen molar-refractivity contribution in [2.24, 2.45) is 4.99 Å². The summed E-state index contributed by atoms with van der Waals surface area (Å²) in [5.74, 6) is 1.23. The van der Waals surface area contributed by atoms with Gasteiger partial charge in [0.1, 0.15) is 0 Å². The van der Waals surface area contributed by atoms with Crippen LogP contribution in [0.1, 0.15) is 39.0 Å². The van der Waals surface area contributed by atoms with Gasteiger partial charge in [-0.25, -0.2) is 8.42 Å². The largest absolute Gasteiger partial charge is 0.356 e. The molecule has 106 valence electrons. The van der Waals surface area contributed by atoms with Crippen LogP contribution in [0.3, 0.4) is 0 Å². The summed E-state index contributed by atoms with van der Waals surface area (Å²) < 4.78 is 22.7.